The Labute approximate surface area is 286 Å². The van der Waals surface area contributed by atoms with E-state index < -0.39 is 0 Å². The minimum Gasteiger partial charge on any atom is -0.457 e. The van der Waals surface area contributed by atoms with E-state index in [9.17, 15) is 0 Å². The van der Waals surface area contributed by atoms with Gasteiger partial charge in [0.15, 0.2) is 0 Å². The van der Waals surface area contributed by atoms with E-state index in [1.807, 2.05) is 60.7 Å². The van der Waals surface area contributed by atoms with Gasteiger partial charge < -0.3 is 4.74 Å². The topological polar surface area (TPSA) is 60.8 Å². The van der Waals surface area contributed by atoms with Crippen molar-refractivity contribution >= 4 is 22.1 Å². The zero-order chi connectivity index (χ0) is 33.5. The van der Waals surface area contributed by atoms with E-state index >= 15 is 0 Å². The smallest absolute Gasteiger partial charge is 0.127 e. The molecule has 0 amide bonds. The van der Waals surface area contributed by atoms with Crippen LogP contribution >= 0.6 is 0 Å². The third-order valence-electron chi connectivity index (χ3n) is 8.80. The van der Waals surface area contributed by atoms with Gasteiger partial charge in [-0.1, -0.05) is 72.8 Å². The first-order valence-electron chi connectivity index (χ1n) is 16.5. The third kappa shape index (κ3) is 5.92. The van der Waals surface area contributed by atoms with Crippen molar-refractivity contribution in [3.8, 4) is 56.5 Å². The maximum Gasteiger partial charge on any atom is 0.127 e. The first-order valence-corrected chi connectivity index (χ1v) is 16.5. The molecule has 236 valence electrons. The molecule has 0 aliphatic rings. The molecule has 6 aromatic carbocycles. The van der Waals surface area contributed by atoms with Crippen LogP contribution in [0, 0.1) is 27.7 Å². The van der Waals surface area contributed by atoms with Crippen molar-refractivity contribution < 1.29 is 4.74 Å². The van der Waals surface area contributed by atoms with Crippen LogP contribution in [0.25, 0.3) is 67.1 Å². The molecule has 2 heterocycles. The van der Waals surface area contributed by atoms with Gasteiger partial charge in [0.2, 0.25) is 0 Å². The Bertz CT molecular complexity index is 2300. The highest BCUT2D eigenvalue weighted by atomic mass is 16.5. The van der Waals surface area contributed by atoms with Gasteiger partial charge in [-0.15, -0.1) is 0 Å². The summed E-state index contributed by atoms with van der Waals surface area (Å²) in [7, 11) is 0. The summed E-state index contributed by atoms with van der Waals surface area (Å²) < 4.78 is 6.32. The second-order valence-electron chi connectivity index (χ2n) is 12.6. The Morgan fingerprint density at radius 3 is 1.10 bits per heavy atom. The van der Waals surface area contributed by atoms with E-state index in [0.717, 1.165) is 89.7 Å². The molecule has 0 aliphatic carbocycles. The van der Waals surface area contributed by atoms with E-state index in [1.54, 1.807) is 0 Å². The van der Waals surface area contributed by atoms with Crippen molar-refractivity contribution in [3.05, 3.63) is 156 Å². The fourth-order valence-electron chi connectivity index (χ4n) is 6.51. The minimum absolute atomic E-state index is 0.736. The summed E-state index contributed by atoms with van der Waals surface area (Å²) in [6, 6.07) is 45.2. The van der Waals surface area contributed by atoms with Gasteiger partial charge >= 0.3 is 0 Å². The molecule has 49 heavy (non-hydrogen) atoms. The van der Waals surface area contributed by atoms with Crippen LogP contribution in [0.1, 0.15) is 22.3 Å². The fourth-order valence-corrected chi connectivity index (χ4v) is 6.51. The van der Waals surface area contributed by atoms with Crippen LogP contribution in [0.3, 0.4) is 0 Å². The summed E-state index contributed by atoms with van der Waals surface area (Å²) in [5.74, 6) is 1.47. The van der Waals surface area contributed by atoms with Crippen molar-refractivity contribution in [3.63, 3.8) is 0 Å². The predicted octanol–water partition coefficient (Wildman–Crippen LogP) is 11.3. The zero-order valence-corrected chi connectivity index (χ0v) is 27.9. The maximum atomic E-state index is 6.32. The van der Waals surface area contributed by atoms with Gasteiger partial charge in [0.05, 0.1) is 44.8 Å². The lowest BCUT2D eigenvalue weighted by Crippen LogP contribution is -1.98. The summed E-state index contributed by atoms with van der Waals surface area (Å²) in [6.45, 7) is 8.37. The van der Waals surface area contributed by atoms with Crippen LogP contribution < -0.4 is 4.74 Å². The van der Waals surface area contributed by atoms with Gasteiger partial charge in [0.1, 0.15) is 11.5 Å². The quantitative estimate of drug-likeness (QED) is 0.182. The summed E-state index contributed by atoms with van der Waals surface area (Å²) in [4.78, 5) is 20.5. The predicted molar refractivity (Wildman–Crippen MR) is 200 cm³/mol. The molecule has 0 aliphatic heterocycles. The average Bonchev–Trinajstić information content (AvgIpc) is 3.12. The van der Waals surface area contributed by atoms with Crippen LogP contribution in [-0.4, -0.2) is 19.9 Å². The number of aromatic nitrogens is 4. The van der Waals surface area contributed by atoms with Crippen LogP contribution in [-0.2, 0) is 0 Å². The van der Waals surface area contributed by atoms with Crippen LogP contribution in [0.15, 0.2) is 133 Å². The van der Waals surface area contributed by atoms with Crippen molar-refractivity contribution in [2.45, 2.75) is 27.7 Å². The number of rotatable bonds is 6. The normalized spacial score (nSPS) is 11.3. The highest BCUT2D eigenvalue weighted by Crippen LogP contribution is 2.36. The number of ether oxygens (including phenoxy) is 1. The van der Waals surface area contributed by atoms with Gasteiger partial charge in [-0.05, 0) is 111 Å². The van der Waals surface area contributed by atoms with Crippen molar-refractivity contribution in [2.75, 3.05) is 0 Å². The van der Waals surface area contributed by atoms with E-state index in [1.165, 1.54) is 11.1 Å². The molecule has 0 spiro atoms. The Morgan fingerprint density at radius 1 is 0.367 bits per heavy atom. The lowest BCUT2D eigenvalue weighted by atomic mass is 10.0. The summed E-state index contributed by atoms with van der Waals surface area (Å²) in [5.41, 5.74) is 15.6. The standard InChI is InChI=1S/C44H34N4O/c1-27-23-29(3)39-37(25-27)45-41(43(47-39)31-11-7-5-8-12-31)33-15-19-35(20-16-33)49-36-21-17-34(18-22-36)42-44(32-13-9-6-10-14-32)48-40-30(4)24-28(2)26-38(40)46-42/h5-26H,1-4H3. The van der Waals surface area contributed by atoms with Crippen LogP contribution in [0.4, 0.5) is 0 Å². The van der Waals surface area contributed by atoms with Crippen molar-refractivity contribution in [1.82, 2.24) is 19.9 Å². The number of hydrogen-bond donors (Lipinski definition) is 0. The number of aryl methyl sites for hydroxylation is 4. The Hall–Kier alpha value is -6.20. The van der Waals surface area contributed by atoms with Crippen LogP contribution in [0.5, 0.6) is 11.5 Å². The highest BCUT2D eigenvalue weighted by molar-refractivity contribution is 5.89. The molecule has 8 rings (SSSR count). The lowest BCUT2D eigenvalue weighted by Gasteiger charge is -2.14. The molecule has 5 heteroatoms. The average molecular weight is 635 g/mol. The summed E-state index contributed by atoms with van der Waals surface area (Å²) in [5, 5.41) is 0. The molecule has 0 radical (unpaired) electrons. The van der Waals surface area contributed by atoms with Crippen molar-refractivity contribution in [2.24, 2.45) is 0 Å². The Balaban J connectivity index is 1.11. The molecule has 0 atom stereocenters. The monoisotopic (exact) mass is 634 g/mol. The third-order valence-corrected chi connectivity index (χ3v) is 8.80. The molecule has 0 bridgehead atoms. The maximum absolute atomic E-state index is 6.32. The Kier molecular flexibility index (Phi) is 7.65. The number of nitrogens with zero attached hydrogens (tertiary/aromatic N) is 4. The first kappa shape index (κ1) is 30.2. The van der Waals surface area contributed by atoms with Gasteiger partial charge in [0, 0.05) is 22.3 Å². The molecule has 5 nitrogen and oxygen atoms in total. The fraction of sp³-hybridized carbons (Fsp3) is 0.0909. The summed E-state index contributed by atoms with van der Waals surface area (Å²) >= 11 is 0. The SMILES string of the molecule is Cc1cc(C)c2nc(-c3ccccc3)c(-c3ccc(Oc4ccc(-c5nc6cc(C)cc(C)c6nc5-c5ccccc5)cc4)cc3)nc2c1. The number of hydrogen-bond acceptors (Lipinski definition) is 5. The lowest BCUT2D eigenvalue weighted by molar-refractivity contribution is 0.483. The van der Waals surface area contributed by atoms with Gasteiger partial charge in [-0.2, -0.15) is 0 Å². The van der Waals surface area contributed by atoms with E-state index in [0.29, 0.717) is 0 Å². The molecule has 2 aromatic heterocycles. The van der Waals surface area contributed by atoms with Gasteiger partial charge in [-0.25, -0.2) is 19.9 Å². The molecule has 8 aromatic rings. The number of benzene rings is 6. The number of fused-ring (bicyclic) bond motifs is 2. The van der Waals surface area contributed by atoms with Gasteiger partial charge in [-0.3, -0.25) is 0 Å². The van der Waals surface area contributed by atoms with E-state index in [-0.39, 0.29) is 0 Å². The van der Waals surface area contributed by atoms with Gasteiger partial charge in [0.25, 0.3) is 0 Å². The highest BCUT2D eigenvalue weighted by Gasteiger charge is 2.17. The molecular weight excluding hydrogens is 601 g/mol. The molecular formula is C44H34N4O. The molecule has 0 N–H and O–H groups in total. The zero-order valence-electron chi connectivity index (χ0n) is 27.9. The molecule has 0 unspecified atom stereocenters. The molecule has 0 fully saturated rings. The summed E-state index contributed by atoms with van der Waals surface area (Å²) in [6.07, 6.45) is 0. The van der Waals surface area contributed by atoms with E-state index in [2.05, 4.69) is 100 Å². The second-order valence-corrected chi connectivity index (χ2v) is 12.6. The Morgan fingerprint density at radius 2 is 0.714 bits per heavy atom. The molecule has 0 saturated heterocycles. The molecule has 0 saturated carbocycles. The second kappa shape index (κ2) is 12.4. The van der Waals surface area contributed by atoms with E-state index in [4.69, 9.17) is 24.7 Å². The first-order chi connectivity index (χ1) is 23.9. The van der Waals surface area contributed by atoms with Crippen LogP contribution in [0.2, 0.25) is 0 Å². The van der Waals surface area contributed by atoms with Crippen molar-refractivity contribution in [1.29, 1.82) is 0 Å². The largest absolute Gasteiger partial charge is 0.457 e. The minimum atomic E-state index is 0.736.